The average molecular weight is 379 g/mol. The SMILES string of the molecule is CC.CC.CCCCOc1ccc(CCC2CCC(OC(C)=O)CC2)cc1. The summed E-state index contributed by atoms with van der Waals surface area (Å²) in [6, 6.07) is 8.54. The molecule has 1 aromatic carbocycles. The summed E-state index contributed by atoms with van der Waals surface area (Å²) in [7, 11) is 0. The molecule has 0 unspecified atom stereocenters. The summed E-state index contributed by atoms with van der Waals surface area (Å²) in [5.74, 6) is 1.60. The standard InChI is InChI=1S/C20H30O3.2C2H6/c1-3-4-15-22-19-11-7-17(8-12-19)5-6-18-9-13-20(14-10-18)23-16(2)21;2*1-2/h7-8,11-12,18,20H,3-6,9-10,13-15H2,1-2H3;2*1-2H3. The molecule has 156 valence electrons. The first-order valence-electron chi connectivity index (χ1n) is 11.1. The van der Waals surface area contributed by atoms with Gasteiger partial charge in [-0.05, 0) is 68.6 Å². The van der Waals surface area contributed by atoms with Crippen molar-refractivity contribution in [2.24, 2.45) is 5.92 Å². The molecule has 0 aliphatic heterocycles. The number of benzene rings is 1. The van der Waals surface area contributed by atoms with Crippen molar-refractivity contribution >= 4 is 5.97 Å². The second-order valence-electron chi connectivity index (χ2n) is 6.64. The Bertz CT molecular complexity index is 459. The van der Waals surface area contributed by atoms with Crippen LogP contribution in [0.15, 0.2) is 24.3 Å². The molecule has 1 fully saturated rings. The molecule has 0 aromatic heterocycles. The number of unbranched alkanes of at least 4 members (excludes halogenated alkanes) is 1. The van der Waals surface area contributed by atoms with Gasteiger partial charge in [-0.25, -0.2) is 0 Å². The number of carbonyl (C=O) groups is 1. The van der Waals surface area contributed by atoms with Crippen molar-refractivity contribution < 1.29 is 14.3 Å². The highest BCUT2D eigenvalue weighted by atomic mass is 16.5. The molecule has 1 aromatic rings. The number of hydrogen-bond acceptors (Lipinski definition) is 3. The van der Waals surface area contributed by atoms with Crippen molar-refractivity contribution in [1.82, 2.24) is 0 Å². The summed E-state index contributed by atoms with van der Waals surface area (Å²) in [6.45, 7) is 12.5. The lowest BCUT2D eigenvalue weighted by atomic mass is 9.84. The molecule has 0 atom stereocenters. The van der Waals surface area contributed by atoms with E-state index < -0.39 is 0 Å². The summed E-state index contributed by atoms with van der Waals surface area (Å²) in [5.41, 5.74) is 1.38. The van der Waals surface area contributed by atoms with E-state index >= 15 is 0 Å². The van der Waals surface area contributed by atoms with Gasteiger partial charge in [0, 0.05) is 6.92 Å². The zero-order valence-electron chi connectivity index (χ0n) is 18.6. The normalized spacial score (nSPS) is 18.3. The molecule has 3 heteroatoms. The largest absolute Gasteiger partial charge is 0.494 e. The molecule has 0 saturated heterocycles. The van der Waals surface area contributed by atoms with Gasteiger partial charge in [-0.1, -0.05) is 53.2 Å². The van der Waals surface area contributed by atoms with E-state index in [0.29, 0.717) is 0 Å². The molecule has 0 spiro atoms. The van der Waals surface area contributed by atoms with E-state index in [2.05, 4.69) is 31.2 Å². The molecule has 27 heavy (non-hydrogen) atoms. The number of hydrogen-bond donors (Lipinski definition) is 0. The Kier molecular flexibility index (Phi) is 15.7. The summed E-state index contributed by atoms with van der Waals surface area (Å²) >= 11 is 0. The number of ether oxygens (including phenoxy) is 2. The minimum absolute atomic E-state index is 0.144. The molecule has 1 saturated carbocycles. The molecule has 0 heterocycles. The highest BCUT2D eigenvalue weighted by Gasteiger charge is 2.22. The van der Waals surface area contributed by atoms with Gasteiger partial charge in [0.15, 0.2) is 0 Å². The first kappa shape index (κ1) is 25.5. The van der Waals surface area contributed by atoms with E-state index in [-0.39, 0.29) is 12.1 Å². The Morgan fingerprint density at radius 2 is 1.59 bits per heavy atom. The second kappa shape index (κ2) is 16.6. The highest BCUT2D eigenvalue weighted by molar-refractivity contribution is 5.66. The van der Waals surface area contributed by atoms with Gasteiger partial charge < -0.3 is 9.47 Å². The lowest BCUT2D eigenvalue weighted by Gasteiger charge is -2.28. The fraction of sp³-hybridized carbons (Fsp3) is 0.708. The van der Waals surface area contributed by atoms with E-state index in [9.17, 15) is 4.79 Å². The molecule has 2 rings (SSSR count). The van der Waals surface area contributed by atoms with Crippen LogP contribution in [0, 0.1) is 5.92 Å². The van der Waals surface area contributed by atoms with Crippen LogP contribution in [-0.2, 0) is 16.0 Å². The third-order valence-electron chi connectivity index (χ3n) is 4.66. The van der Waals surface area contributed by atoms with Crippen molar-refractivity contribution in [3.8, 4) is 5.75 Å². The zero-order valence-corrected chi connectivity index (χ0v) is 18.6. The first-order chi connectivity index (χ1) is 13.2. The van der Waals surface area contributed by atoms with Crippen molar-refractivity contribution in [2.45, 2.75) is 99.0 Å². The topological polar surface area (TPSA) is 35.5 Å². The lowest BCUT2D eigenvalue weighted by molar-refractivity contribution is -0.148. The van der Waals surface area contributed by atoms with Crippen LogP contribution in [0.25, 0.3) is 0 Å². The summed E-state index contributed by atoms with van der Waals surface area (Å²) in [5, 5.41) is 0. The number of rotatable bonds is 8. The number of esters is 1. The van der Waals surface area contributed by atoms with Gasteiger partial charge in [0.1, 0.15) is 11.9 Å². The maximum atomic E-state index is 11.0. The van der Waals surface area contributed by atoms with Gasteiger partial charge in [-0.2, -0.15) is 0 Å². The third kappa shape index (κ3) is 11.7. The van der Waals surface area contributed by atoms with Crippen molar-refractivity contribution in [2.75, 3.05) is 6.61 Å². The quantitative estimate of drug-likeness (QED) is 0.362. The van der Waals surface area contributed by atoms with E-state index in [1.165, 1.54) is 31.7 Å². The molecular formula is C24H42O3. The van der Waals surface area contributed by atoms with Gasteiger partial charge in [0.2, 0.25) is 0 Å². The van der Waals surface area contributed by atoms with Gasteiger partial charge in [0.25, 0.3) is 0 Å². The smallest absolute Gasteiger partial charge is 0.302 e. The molecule has 0 amide bonds. The van der Waals surface area contributed by atoms with Gasteiger partial charge >= 0.3 is 5.97 Å². The van der Waals surface area contributed by atoms with E-state index in [0.717, 1.165) is 50.4 Å². The van der Waals surface area contributed by atoms with Crippen LogP contribution >= 0.6 is 0 Å². The van der Waals surface area contributed by atoms with Crippen LogP contribution in [0.1, 0.15) is 92.1 Å². The summed E-state index contributed by atoms with van der Waals surface area (Å²) in [6.07, 6.45) is 9.18. The maximum absolute atomic E-state index is 11.0. The Balaban J connectivity index is 0.00000158. The molecule has 0 radical (unpaired) electrons. The average Bonchev–Trinajstić information content (AvgIpc) is 2.71. The molecule has 0 bridgehead atoms. The van der Waals surface area contributed by atoms with E-state index in [1.54, 1.807) is 0 Å². The van der Waals surface area contributed by atoms with Crippen LogP contribution in [-0.4, -0.2) is 18.7 Å². The van der Waals surface area contributed by atoms with Gasteiger partial charge in [0.05, 0.1) is 6.61 Å². The van der Waals surface area contributed by atoms with Crippen LogP contribution in [0.5, 0.6) is 5.75 Å². The summed E-state index contributed by atoms with van der Waals surface area (Å²) < 4.78 is 11.0. The third-order valence-corrected chi connectivity index (χ3v) is 4.66. The number of carbonyl (C=O) groups excluding carboxylic acids is 1. The second-order valence-corrected chi connectivity index (χ2v) is 6.64. The van der Waals surface area contributed by atoms with Crippen LogP contribution < -0.4 is 4.74 Å². The Labute approximate surface area is 167 Å². The van der Waals surface area contributed by atoms with Crippen LogP contribution in [0.2, 0.25) is 0 Å². The molecule has 1 aliphatic carbocycles. The van der Waals surface area contributed by atoms with E-state index in [4.69, 9.17) is 9.47 Å². The van der Waals surface area contributed by atoms with Gasteiger partial charge in [-0.15, -0.1) is 0 Å². The van der Waals surface area contributed by atoms with Crippen molar-refractivity contribution in [3.63, 3.8) is 0 Å². The zero-order chi connectivity index (χ0) is 20.5. The molecular weight excluding hydrogens is 336 g/mol. The minimum Gasteiger partial charge on any atom is -0.494 e. The highest BCUT2D eigenvalue weighted by Crippen LogP contribution is 2.29. The maximum Gasteiger partial charge on any atom is 0.302 e. The Hall–Kier alpha value is -1.51. The molecule has 3 nitrogen and oxygen atoms in total. The fourth-order valence-electron chi connectivity index (χ4n) is 3.23. The predicted octanol–water partition coefficient (Wildman–Crippen LogP) is 6.97. The predicted molar refractivity (Wildman–Crippen MR) is 115 cm³/mol. The first-order valence-corrected chi connectivity index (χ1v) is 11.1. The monoisotopic (exact) mass is 378 g/mol. The fourth-order valence-corrected chi connectivity index (χ4v) is 3.23. The van der Waals surface area contributed by atoms with Crippen molar-refractivity contribution in [1.29, 1.82) is 0 Å². The van der Waals surface area contributed by atoms with Crippen LogP contribution in [0.4, 0.5) is 0 Å². The molecule has 1 aliphatic rings. The Morgan fingerprint density at radius 1 is 1.00 bits per heavy atom. The minimum atomic E-state index is -0.144. The number of aryl methyl sites for hydroxylation is 1. The Morgan fingerprint density at radius 3 is 2.11 bits per heavy atom. The summed E-state index contributed by atoms with van der Waals surface area (Å²) in [4.78, 5) is 11.0. The lowest BCUT2D eigenvalue weighted by Crippen LogP contribution is -2.23. The van der Waals surface area contributed by atoms with Crippen molar-refractivity contribution in [3.05, 3.63) is 29.8 Å². The van der Waals surface area contributed by atoms with Crippen LogP contribution in [0.3, 0.4) is 0 Å². The molecule has 0 N–H and O–H groups in total. The van der Waals surface area contributed by atoms with E-state index in [1.807, 2.05) is 27.7 Å². The van der Waals surface area contributed by atoms with Gasteiger partial charge in [-0.3, -0.25) is 4.79 Å².